The fraction of sp³-hybridized carbons (Fsp3) is 0.400. The molecule has 33 heavy (non-hydrogen) atoms. The van der Waals surface area contributed by atoms with Gasteiger partial charge in [0.05, 0.1) is 11.4 Å². The maximum absolute atomic E-state index is 12.9. The van der Waals surface area contributed by atoms with E-state index in [1.165, 1.54) is 21.2 Å². The number of nitrogens with zero attached hydrogens (tertiary/aromatic N) is 2. The van der Waals surface area contributed by atoms with Crippen molar-refractivity contribution in [1.29, 1.82) is 0 Å². The van der Waals surface area contributed by atoms with Crippen molar-refractivity contribution in [2.45, 2.75) is 53.9 Å². The van der Waals surface area contributed by atoms with Crippen molar-refractivity contribution in [3.05, 3.63) is 48.5 Å². The van der Waals surface area contributed by atoms with Crippen LogP contribution in [0, 0.1) is 0 Å². The molecule has 2 N–H and O–H groups in total. The molecule has 2 fully saturated rings. The lowest BCUT2D eigenvalue weighted by atomic mass is 9.82. The molecule has 0 atom stereocenters. The molecular weight excluding hydrogens is 436 g/mol. The molecule has 0 unspecified atom stereocenters. The Bertz CT molecular complexity index is 1040. The zero-order chi connectivity index (χ0) is 22.8. The molecule has 2 aromatic rings. The van der Waals surface area contributed by atoms with E-state index in [4.69, 9.17) is 0 Å². The Kier molecular flexibility index (Phi) is 6.01. The summed E-state index contributed by atoms with van der Waals surface area (Å²) in [5.74, 6) is -0.553. The van der Waals surface area contributed by atoms with Crippen LogP contribution in [0.25, 0.3) is 0 Å². The number of para-hydroxylation sites is 2. The second-order valence-electron chi connectivity index (χ2n) is 8.86. The summed E-state index contributed by atoms with van der Waals surface area (Å²) >= 11 is 1.77. The third kappa shape index (κ3) is 4.19. The molecule has 3 aliphatic rings. The van der Waals surface area contributed by atoms with Crippen LogP contribution in [0.4, 0.5) is 16.2 Å². The average molecular weight is 465 g/mol. The lowest BCUT2D eigenvalue weighted by Gasteiger charge is -2.32. The van der Waals surface area contributed by atoms with Gasteiger partial charge in [0.2, 0.25) is 5.91 Å². The summed E-state index contributed by atoms with van der Waals surface area (Å²) in [5, 5.41) is 5.74. The topological polar surface area (TPSA) is 81.8 Å². The summed E-state index contributed by atoms with van der Waals surface area (Å²) in [6.45, 7) is 1.00. The van der Waals surface area contributed by atoms with E-state index in [2.05, 4.69) is 39.8 Å². The van der Waals surface area contributed by atoms with Crippen molar-refractivity contribution in [1.82, 2.24) is 15.5 Å². The highest BCUT2D eigenvalue weighted by atomic mass is 32.2. The van der Waals surface area contributed by atoms with E-state index in [0.29, 0.717) is 19.4 Å². The third-order valence-corrected chi connectivity index (χ3v) is 7.80. The van der Waals surface area contributed by atoms with Gasteiger partial charge in [-0.3, -0.25) is 14.5 Å². The fourth-order valence-electron chi connectivity index (χ4n) is 5.00. The molecule has 4 amide bonds. The number of nitrogens with one attached hydrogen (secondary N) is 2. The van der Waals surface area contributed by atoms with Gasteiger partial charge in [-0.1, -0.05) is 55.3 Å². The molecule has 2 heterocycles. The van der Waals surface area contributed by atoms with Gasteiger partial charge in [0.25, 0.3) is 5.91 Å². The summed E-state index contributed by atoms with van der Waals surface area (Å²) in [5.41, 5.74) is 1.55. The molecule has 2 aromatic carbocycles. The molecule has 2 aliphatic heterocycles. The molecule has 1 saturated heterocycles. The van der Waals surface area contributed by atoms with Crippen LogP contribution in [0.1, 0.15) is 38.5 Å². The van der Waals surface area contributed by atoms with Crippen molar-refractivity contribution in [3.63, 3.8) is 0 Å². The molecular formula is C25H28N4O3S. The Balaban J connectivity index is 1.16. The van der Waals surface area contributed by atoms with Gasteiger partial charge in [0, 0.05) is 22.9 Å². The number of hydrogen-bond donors (Lipinski definition) is 2. The lowest BCUT2D eigenvalue weighted by molar-refractivity contribution is -0.135. The van der Waals surface area contributed by atoms with Gasteiger partial charge in [-0.15, -0.1) is 0 Å². The zero-order valence-electron chi connectivity index (χ0n) is 18.5. The van der Waals surface area contributed by atoms with Crippen LogP contribution in [0.15, 0.2) is 58.3 Å². The number of amides is 4. The highest BCUT2D eigenvalue weighted by molar-refractivity contribution is 7.99. The van der Waals surface area contributed by atoms with Crippen LogP contribution in [0.3, 0.4) is 0 Å². The van der Waals surface area contributed by atoms with Crippen molar-refractivity contribution in [2.75, 3.05) is 24.5 Å². The van der Waals surface area contributed by atoms with Crippen molar-refractivity contribution < 1.29 is 14.4 Å². The molecule has 1 spiro atoms. The number of hydrogen-bond acceptors (Lipinski definition) is 5. The van der Waals surface area contributed by atoms with Crippen LogP contribution in [0.5, 0.6) is 0 Å². The van der Waals surface area contributed by atoms with Gasteiger partial charge in [0.1, 0.15) is 12.1 Å². The van der Waals surface area contributed by atoms with Crippen LogP contribution in [-0.4, -0.2) is 47.9 Å². The molecule has 0 bridgehead atoms. The number of urea groups is 1. The number of anilines is 2. The molecule has 1 aliphatic carbocycles. The lowest BCUT2D eigenvalue weighted by Crippen LogP contribution is -2.49. The van der Waals surface area contributed by atoms with E-state index in [0.717, 1.165) is 37.1 Å². The number of carbonyl (C=O) groups excluding carboxylic acids is 3. The first kappa shape index (κ1) is 21.8. The Morgan fingerprint density at radius 1 is 0.939 bits per heavy atom. The Labute approximate surface area is 197 Å². The minimum Gasteiger partial charge on any atom is -0.354 e. The van der Waals surface area contributed by atoms with Gasteiger partial charge in [-0.25, -0.2) is 4.79 Å². The van der Waals surface area contributed by atoms with Gasteiger partial charge in [0.15, 0.2) is 0 Å². The van der Waals surface area contributed by atoms with Crippen LogP contribution < -0.4 is 15.5 Å². The predicted molar refractivity (Wildman–Crippen MR) is 128 cm³/mol. The normalized spacial score (nSPS) is 18.7. The molecule has 172 valence electrons. The number of rotatable bonds is 6. The van der Waals surface area contributed by atoms with Crippen molar-refractivity contribution in [2.24, 2.45) is 0 Å². The third-order valence-electron chi connectivity index (χ3n) is 6.67. The highest BCUT2D eigenvalue weighted by Gasteiger charge is 2.51. The minimum atomic E-state index is -0.789. The molecule has 0 aromatic heterocycles. The van der Waals surface area contributed by atoms with Gasteiger partial charge < -0.3 is 15.5 Å². The maximum atomic E-state index is 12.9. The molecule has 8 heteroatoms. The number of carbonyl (C=O) groups is 3. The van der Waals surface area contributed by atoms with Crippen LogP contribution >= 0.6 is 11.8 Å². The first-order valence-corrected chi connectivity index (χ1v) is 12.4. The zero-order valence-corrected chi connectivity index (χ0v) is 19.3. The number of fused-ring (bicyclic) bond motifs is 2. The van der Waals surface area contributed by atoms with Gasteiger partial charge in [-0.05, 0) is 43.5 Å². The maximum Gasteiger partial charge on any atom is 0.325 e. The van der Waals surface area contributed by atoms with E-state index in [9.17, 15) is 14.4 Å². The van der Waals surface area contributed by atoms with Crippen LogP contribution in [0.2, 0.25) is 0 Å². The Hall–Kier alpha value is -3.00. The molecule has 0 radical (unpaired) electrons. The van der Waals surface area contributed by atoms with Crippen molar-refractivity contribution >= 4 is 41.0 Å². The van der Waals surface area contributed by atoms with Gasteiger partial charge >= 0.3 is 6.03 Å². The minimum absolute atomic E-state index is 0.224. The Morgan fingerprint density at radius 3 is 2.24 bits per heavy atom. The summed E-state index contributed by atoms with van der Waals surface area (Å²) in [6, 6.07) is 16.2. The smallest absolute Gasteiger partial charge is 0.325 e. The first-order chi connectivity index (χ1) is 16.1. The summed E-state index contributed by atoms with van der Waals surface area (Å²) in [6.07, 6.45) is 4.99. The van der Waals surface area contributed by atoms with E-state index < -0.39 is 11.6 Å². The van der Waals surface area contributed by atoms with E-state index in [-0.39, 0.29) is 18.4 Å². The summed E-state index contributed by atoms with van der Waals surface area (Å²) in [4.78, 5) is 43.5. The van der Waals surface area contributed by atoms with E-state index >= 15 is 0 Å². The predicted octanol–water partition coefficient (Wildman–Crippen LogP) is 4.05. The second-order valence-corrected chi connectivity index (χ2v) is 9.94. The highest BCUT2D eigenvalue weighted by Crippen LogP contribution is 2.47. The quantitative estimate of drug-likeness (QED) is 0.498. The SMILES string of the molecule is O=C(CN1C(=O)NC2(CCCCC2)C1=O)NCCCN1c2ccccc2Sc2ccccc21. The largest absolute Gasteiger partial charge is 0.354 e. The van der Waals surface area contributed by atoms with Crippen molar-refractivity contribution in [3.8, 4) is 0 Å². The van der Waals surface area contributed by atoms with E-state index in [1.54, 1.807) is 11.8 Å². The van der Waals surface area contributed by atoms with Crippen LogP contribution in [-0.2, 0) is 9.59 Å². The summed E-state index contributed by atoms with van der Waals surface area (Å²) in [7, 11) is 0. The van der Waals surface area contributed by atoms with E-state index in [1.807, 2.05) is 24.3 Å². The number of imide groups is 1. The first-order valence-electron chi connectivity index (χ1n) is 11.6. The summed E-state index contributed by atoms with van der Waals surface area (Å²) < 4.78 is 0. The van der Waals surface area contributed by atoms with Gasteiger partial charge in [-0.2, -0.15) is 0 Å². The molecule has 1 saturated carbocycles. The molecule has 7 nitrogen and oxygen atoms in total. The second kappa shape index (κ2) is 9.09. The number of benzene rings is 2. The molecule has 5 rings (SSSR count). The fourth-order valence-corrected chi connectivity index (χ4v) is 6.10. The standard InChI is InChI=1S/C25H28N4O3S/c30-22(17-29-23(31)25(27-24(29)32)13-6-1-7-14-25)26-15-8-16-28-18-9-2-4-11-20(18)33-21-12-5-3-10-19(21)28/h2-5,9-12H,1,6-8,13-17H2,(H,26,30)(H,27,32). The Morgan fingerprint density at radius 2 is 1.58 bits per heavy atom. The monoisotopic (exact) mass is 464 g/mol. The average Bonchev–Trinajstić information content (AvgIpc) is 3.05.